The van der Waals surface area contributed by atoms with Gasteiger partial charge in [0.1, 0.15) is 17.6 Å². The average Bonchev–Trinajstić information content (AvgIpc) is 2.61. The first-order valence-corrected chi connectivity index (χ1v) is 10.3. The van der Waals surface area contributed by atoms with E-state index >= 15 is 0 Å². The molecule has 2 aromatic rings. The maximum atomic E-state index is 13.5. The highest BCUT2D eigenvalue weighted by Gasteiger charge is 2.33. The van der Waals surface area contributed by atoms with Crippen LogP contribution in [0, 0.1) is 11.7 Å². The molecule has 1 unspecified atom stereocenters. The molecule has 0 aliphatic carbocycles. The number of benzene rings is 2. The molecule has 0 bridgehead atoms. The van der Waals surface area contributed by atoms with Gasteiger partial charge in [0, 0.05) is 7.05 Å². The van der Waals surface area contributed by atoms with Crippen LogP contribution in [0.25, 0.3) is 0 Å². The van der Waals surface area contributed by atoms with Crippen LogP contribution in [-0.2, 0) is 14.8 Å². The van der Waals surface area contributed by atoms with E-state index in [9.17, 15) is 17.6 Å². The van der Waals surface area contributed by atoms with Crippen molar-refractivity contribution in [3.8, 4) is 5.75 Å². The Morgan fingerprint density at radius 1 is 1.18 bits per heavy atom. The molecule has 0 fully saturated rings. The number of rotatable bonds is 9. The first-order valence-electron chi connectivity index (χ1n) is 8.88. The third kappa shape index (κ3) is 5.30. The Bertz CT molecular complexity index is 914. The molecule has 1 amide bonds. The number of halogens is 1. The standard InChI is InChI=1S/C20H25FN2O4S/c1-14(2)11-12-27-17-7-9-18(10-8-17)28(25,26)23(3)19(20(22)24)15-5-4-6-16(21)13-15/h4-10,13-14,19H,11-12H2,1-3H3,(H2,22,24). The van der Waals surface area contributed by atoms with E-state index in [0.29, 0.717) is 18.3 Å². The fourth-order valence-electron chi connectivity index (χ4n) is 2.66. The Balaban J connectivity index is 2.25. The van der Waals surface area contributed by atoms with Crippen LogP contribution < -0.4 is 10.5 Å². The van der Waals surface area contributed by atoms with Crippen molar-refractivity contribution in [2.45, 2.75) is 31.2 Å². The third-order valence-electron chi connectivity index (χ3n) is 4.26. The van der Waals surface area contributed by atoms with Gasteiger partial charge < -0.3 is 10.5 Å². The molecule has 2 aromatic carbocycles. The SMILES string of the molecule is CC(C)CCOc1ccc(S(=O)(=O)N(C)C(C(N)=O)c2cccc(F)c2)cc1. The fraction of sp³-hybridized carbons (Fsp3) is 0.350. The lowest BCUT2D eigenvalue weighted by Gasteiger charge is -2.25. The summed E-state index contributed by atoms with van der Waals surface area (Å²) in [7, 11) is -2.80. The summed E-state index contributed by atoms with van der Waals surface area (Å²) < 4.78 is 45.8. The zero-order valence-electron chi connectivity index (χ0n) is 16.1. The number of nitrogens with two attached hydrogens (primary N) is 1. The normalized spacial score (nSPS) is 12.9. The molecule has 0 aliphatic rings. The number of primary amides is 1. The van der Waals surface area contributed by atoms with E-state index < -0.39 is 27.8 Å². The average molecular weight is 408 g/mol. The highest BCUT2D eigenvalue weighted by atomic mass is 32.2. The lowest BCUT2D eigenvalue weighted by atomic mass is 10.1. The lowest BCUT2D eigenvalue weighted by Crippen LogP contribution is -2.39. The van der Waals surface area contributed by atoms with Gasteiger partial charge in [-0.2, -0.15) is 4.31 Å². The van der Waals surface area contributed by atoms with Gasteiger partial charge in [0.2, 0.25) is 15.9 Å². The molecular formula is C20H25FN2O4S. The minimum atomic E-state index is -4.04. The summed E-state index contributed by atoms with van der Waals surface area (Å²) in [5.74, 6) is -0.427. The number of sulfonamides is 1. The van der Waals surface area contributed by atoms with Crippen molar-refractivity contribution < 1.29 is 22.3 Å². The van der Waals surface area contributed by atoms with Gasteiger partial charge in [-0.05, 0) is 54.3 Å². The van der Waals surface area contributed by atoms with Crippen molar-refractivity contribution in [3.63, 3.8) is 0 Å². The molecule has 2 rings (SSSR count). The maximum Gasteiger partial charge on any atom is 0.243 e. The Morgan fingerprint density at radius 3 is 2.36 bits per heavy atom. The smallest absolute Gasteiger partial charge is 0.243 e. The van der Waals surface area contributed by atoms with Crippen molar-refractivity contribution in [1.29, 1.82) is 0 Å². The van der Waals surface area contributed by atoms with Crippen molar-refractivity contribution in [3.05, 3.63) is 59.9 Å². The predicted molar refractivity (Wildman–Crippen MR) is 105 cm³/mol. The second kappa shape index (κ2) is 9.16. The van der Waals surface area contributed by atoms with Gasteiger partial charge in [0.25, 0.3) is 0 Å². The Kier molecular flexibility index (Phi) is 7.15. The first kappa shape index (κ1) is 21.8. The molecule has 0 saturated carbocycles. The third-order valence-corrected chi connectivity index (χ3v) is 6.10. The molecule has 6 nitrogen and oxygen atoms in total. The Morgan fingerprint density at radius 2 is 1.82 bits per heavy atom. The van der Waals surface area contributed by atoms with Crippen LogP contribution in [0.15, 0.2) is 53.4 Å². The van der Waals surface area contributed by atoms with Gasteiger partial charge in [0.05, 0.1) is 11.5 Å². The first-order chi connectivity index (χ1) is 13.1. The van der Waals surface area contributed by atoms with E-state index in [-0.39, 0.29) is 10.5 Å². The van der Waals surface area contributed by atoms with Gasteiger partial charge in [0.15, 0.2) is 0 Å². The quantitative estimate of drug-likeness (QED) is 0.690. The van der Waals surface area contributed by atoms with Gasteiger partial charge >= 0.3 is 0 Å². The molecule has 152 valence electrons. The number of hydrogen-bond donors (Lipinski definition) is 1. The summed E-state index contributed by atoms with van der Waals surface area (Å²) in [5, 5.41) is 0. The van der Waals surface area contributed by atoms with Gasteiger partial charge in [-0.1, -0.05) is 26.0 Å². The highest BCUT2D eigenvalue weighted by Crippen LogP contribution is 2.27. The van der Waals surface area contributed by atoms with E-state index in [0.717, 1.165) is 16.8 Å². The van der Waals surface area contributed by atoms with Gasteiger partial charge in [-0.15, -0.1) is 0 Å². The number of carbonyl (C=O) groups excluding carboxylic acids is 1. The van der Waals surface area contributed by atoms with E-state index in [4.69, 9.17) is 10.5 Å². The summed E-state index contributed by atoms with van der Waals surface area (Å²) in [5.41, 5.74) is 5.57. The highest BCUT2D eigenvalue weighted by molar-refractivity contribution is 7.89. The number of amides is 1. The van der Waals surface area contributed by atoms with E-state index in [1.165, 1.54) is 37.4 Å². The second-order valence-corrected chi connectivity index (χ2v) is 8.88. The molecule has 28 heavy (non-hydrogen) atoms. The Labute approximate surface area is 165 Å². The largest absolute Gasteiger partial charge is 0.494 e. The van der Waals surface area contributed by atoms with E-state index in [1.807, 2.05) is 0 Å². The van der Waals surface area contributed by atoms with Crippen LogP contribution in [0.5, 0.6) is 5.75 Å². The predicted octanol–water partition coefficient (Wildman–Crippen LogP) is 3.10. The summed E-state index contributed by atoms with van der Waals surface area (Å²) in [6.45, 7) is 4.71. The van der Waals surface area contributed by atoms with Crippen LogP contribution in [0.2, 0.25) is 0 Å². The van der Waals surface area contributed by atoms with Crippen molar-refractivity contribution in [1.82, 2.24) is 4.31 Å². The van der Waals surface area contributed by atoms with Crippen LogP contribution >= 0.6 is 0 Å². The zero-order chi connectivity index (χ0) is 20.9. The second-order valence-electron chi connectivity index (χ2n) is 6.88. The zero-order valence-corrected chi connectivity index (χ0v) is 16.9. The van der Waals surface area contributed by atoms with Crippen LogP contribution in [-0.4, -0.2) is 32.3 Å². The molecule has 0 spiro atoms. The van der Waals surface area contributed by atoms with Gasteiger partial charge in [-0.3, -0.25) is 4.79 Å². The minimum Gasteiger partial charge on any atom is -0.494 e. The van der Waals surface area contributed by atoms with Crippen LogP contribution in [0.3, 0.4) is 0 Å². The summed E-state index contributed by atoms with van der Waals surface area (Å²) >= 11 is 0. The molecular weight excluding hydrogens is 383 g/mol. The fourth-order valence-corrected chi connectivity index (χ4v) is 3.97. The Hall–Kier alpha value is -2.45. The van der Waals surface area contributed by atoms with E-state index in [2.05, 4.69) is 13.8 Å². The monoisotopic (exact) mass is 408 g/mol. The minimum absolute atomic E-state index is 0.0196. The molecule has 0 aliphatic heterocycles. The van der Waals surface area contributed by atoms with Crippen molar-refractivity contribution in [2.75, 3.05) is 13.7 Å². The van der Waals surface area contributed by atoms with Gasteiger partial charge in [-0.25, -0.2) is 12.8 Å². The number of carbonyl (C=O) groups is 1. The summed E-state index contributed by atoms with van der Waals surface area (Å²) in [4.78, 5) is 11.9. The maximum absolute atomic E-state index is 13.5. The molecule has 2 N–H and O–H groups in total. The number of likely N-dealkylation sites (N-methyl/N-ethyl adjacent to an activating group) is 1. The molecule has 0 heterocycles. The number of ether oxygens (including phenoxy) is 1. The lowest BCUT2D eigenvalue weighted by molar-refractivity contribution is -0.121. The molecule has 1 atom stereocenters. The van der Waals surface area contributed by atoms with Crippen LogP contribution in [0.4, 0.5) is 4.39 Å². The molecule has 0 radical (unpaired) electrons. The summed E-state index contributed by atoms with van der Waals surface area (Å²) in [6.07, 6.45) is 0.886. The summed E-state index contributed by atoms with van der Waals surface area (Å²) in [6, 6.07) is 9.73. The van der Waals surface area contributed by atoms with E-state index in [1.54, 1.807) is 12.1 Å². The van der Waals surface area contributed by atoms with Crippen molar-refractivity contribution in [2.24, 2.45) is 11.7 Å². The number of nitrogens with zero attached hydrogens (tertiary/aromatic N) is 1. The number of hydrogen-bond acceptors (Lipinski definition) is 4. The molecule has 0 saturated heterocycles. The molecule has 8 heteroatoms. The molecule has 0 aromatic heterocycles. The topological polar surface area (TPSA) is 89.7 Å². The van der Waals surface area contributed by atoms with Crippen molar-refractivity contribution >= 4 is 15.9 Å². The van der Waals surface area contributed by atoms with Crippen LogP contribution in [0.1, 0.15) is 31.9 Å².